The highest BCUT2D eigenvalue weighted by molar-refractivity contribution is 5.77. The maximum atomic E-state index is 12.7. The van der Waals surface area contributed by atoms with Crippen molar-refractivity contribution in [2.24, 2.45) is 7.05 Å². The predicted molar refractivity (Wildman–Crippen MR) is 112 cm³/mol. The number of nitrogens with zero attached hydrogens (tertiary/aromatic N) is 4. The zero-order valence-electron chi connectivity index (χ0n) is 16.3. The molecular weight excluding hydrogens is 348 g/mol. The zero-order chi connectivity index (χ0) is 19.3. The molecule has 5 nitrogen and oxygen atoms in total. The third kappa shape index (κ3) is 4.09. The SMILES string of the molecule is Cn1cc(CCC(=O)N2CCN(c3ccccc3)CC2)c(-c2ccccc2)n1. The van der Waals surface area contributed by atoms with E-state index in [0.717, 1.165) is 49.4 Å². The Balaban J connectivity index is 1.35. The van der Waals surface area contributed by atoms with E-state index in [2.05, 4.69) is 46.4 Å². The standard InChI is InChI=1S/C23H26N4O/c1-25-18-20(23(24-25)19-8-4-2-5-9-19)12-13-22(28)27-16-14-26(15-17-27)21-10-6-3-7-11-21/h2-11,18H,12-17H2,1H3. The molecule has 2 heterocycles. The zero-order valence-corrected chi connectivity index (χ0v) is 16.3. The summed E-state index contributed by atoms with van der Waals surface area (Å²) in [6.07, 6.45) is 3.27. The number of aryl methyl sites for hydroxylation is 2. The van der Waals surface area contributed by atoms with Crippen molar-refractivity contribution in [2.75, 3.05) is 31.1 Å². The highest BCUT2D eigenvalue weighted by Crippen LogP contribution is 2.23. The van der Waals surface area contributed by atoms with E-state index in [1.54, 1.807) is 0 Å². The molecule has 1 aliphatic heterocycles. The van der Waals surface area contributed by atoms with Crippen LogP contribution < -0.4 is 4.90 Å². The number of carbonyl (C=O) groups is 1. The topological polar surface area (TPSA) is 41.4 Å². The summed E-state index contributed by atoms with van der Waals surface area (Å²) in [5.74, 6) is 0.232. The molecule has 1 amide bonds. The number of piperazine rings is 1. The molecule has 0 unspecified atom stereocenters. The van der Waals surface area contributed by atoms with Gasteiger partial charge in [0.15, 0.2) is 0 Å². The van der Waals surface area contributed by atoms with E-state index < -0.39 is 0 Å². The monoisotopic (exact) mass is 374 g/mol. The van der Waals surface area contributed by atoms with E-state index >= 15 is 0 Å². The first kappa shape index (κ1) is 18.3. The Morgan fingerprint density at radius 1 is 0.929 bits per heavy atom. The number of hydrogen-bond acceptors (Lipinski definition) is 3. The van der Waals surface area contributed by atoms with E-state index in [4.69, 9.17) is 0 Å². The van der Waals surface area contributed by atoms with Crippen molar-refractivity contribution in [3.8, 4) is 11.3 Å². The summed E-state index contributed by atoms with van der Waals surface area (Å²) in [5.41, 5.74) is 4.44. The fourth-order valence-corrected chi connectivity index (χ4v) is 3.81. The summed E-state index contributed by atoms with van der Waals surface area (Å²) in [6, 6.07) is 20.6. The molecule has 3 aromatic rings. The highest BCUT2D eigenvalue weighted by Gasteiger charge is 2.21. The Kier molecular flexibility index (Phi) is 5.42. The predicted octanol–water partition coefficient (Wildman–Crippen LogP) is 3.37. The largest absolute Gasteiger partial charge is 0.368 e. The number of anilines is 1. The van der Waals surface area contributed by atoms with Gasteiger partial charge in [0.05, 0.1) is 5.69 Å². The van der Waals surface area contributed by atoms with Gasteiger partial charge < -0.3 is 9.80 Å². The van der Waals surface area contributed by atoms with Gasteiger partial charge in [-0.25, -0.2) is 0 Å². The van der Waals surface area contributed by atoms with Crippen LogP contribution in [-0.4, -0.2) is 46.8 Å². The number of aromatic nitrogens is 2. The van der Waals surface area contributed by atoms with Crippen molar-refractivity contribution >= 4 is 11.6 Å². The maximum Gasteiger partial charge on any atom is 0.223 e. The Bertz CT molecular complexity index is 912. The third-order valence-corrected chi connectivity index (χ3v) is 5.31. The number of amides is 1. The van der Waals surface area contributed by atoms with Crippen molar-refractivity contribution in [1.29, 1.82) is 0 Å². The molecule has 1 fully saturated rings. The van der Waals surface area contributed by atoms with E-state index in [1.807, 2.05) is 47.1 Å². The molecule has 28 heavy (non-hydrogen) atoms. The second-order valence-electron chi connectivity index (χ2n) is 7.25. The lowest BCUT2D eigenvalue weighted by Gasteiger charge is -2.36. The van der Waals surface area contributed by atoms with Crippen LogP contribution in [-0.2, 0) is 18.3 Å². The number of hydrogen-bond donors (Lipinski definition) is 0. The molecule has 0 radical (unpaired) electrons. The molecule has 0 atom stereocenters. The fourth-order valence-electron chi connectivity index (χ4n) is 3.81. The minimum absolute atomic E-state index is 0.232. The number of para-hydroxylation sites is 1. The minimum Gasteiger partial charge on any atom is -0.368 e. The van der Waals surface area contributed by atoms with Crippen LogP contribution >= 0.6 is 0 Å². The van der Waals surface area contributed by atoms with Gasteiger partial charge in [0.2, 0.25) is 5.91 Å². The normalized spacial score (nSPS) is 14.3. The summed E-state index contributed by atoms with van der Waals surface area (Å²) in [7, 11) is 1.93. The van der Waals surface area contributed by atoms with Crippen LogP contribution in [0.25, 0.3) is 11.3 Å². The van der Waals surface area contributed by atoms with Gasteiger partial charge in [-0.05, 0) is 24.1 Å². The van der Waals surface area contributed by atoms with Crippen LogP contribution in [0.3, 0.4) is 0 Å². The molecule has 144 valence electrons. The molecule has 4 rings (SSSR count). The van der Waals surface area contributed by atoms with Crippen LogP contribution in [0.5, 0.6) is 0 Å². The number of rotatable bonds is 5. The Morgan fingerprint density at radius 2 is 1.57 bits per heavy atom. The lowest BCUT2D eigenvalue weighted by molar-refractivity contribution is -0.131. The van der Waals surface area contributed by atoms with Crippen LogP contribution in [0.1, 0.15) is 12.0 Å². The molecule has 0 spiro atoms. The fraction of sp³-hybridized carbons (Fsp3) is 0.304. The van der Waals surface area contributed by atoms with Gasteiger partial charge in [-0.1, -0.05) is 48.5 Å². The van der Waals surface area contributed by atoms with Crippen LogP contribution in [0, 0.1) is 0 Å². The van der Waals surface area contributed by atoms with Crippen molar-refractivity contribution in [1.82, 2.24) is 14.7 Å². The van der Waals surface area contributed by atoms with Gasteiger partial charge in [0.25, 0.3) is 0 Å². The highest BCUT2D eigenvalue weighted by atomic mass is 16.2. The molecule has 1 aliphatic rings. The quantitative estimate of drug-likeness (QED) is 0.688. The molecular formula is C23H26N4O. The lowest BCUT2D eigenvalue weighted by atomic mass is 10.0. The summed E-state index contributed by atoms with van der Waals surface area (Å²) in [6.45, 7) is 3.34. The summed E-state index contributed by atoms with van der Waals surface area (Å²) in [4.78, 5) is 17.1. The number of benzene rings is 2. The Labute approximate surface area is 166 Å². The van der Waals surface area contributed by atoms with E-state index in [0.29, 0.717) is 6.42 Å². The van der Waals surface area contributed by atoms with E-state index in [-0.39, 0.29) is 5.91 Å². The van der Waals surface area contributed by atoms with E-state index in [9.17, 15) is 4.79 Å². The van der Waals surface area contributed by atoms with Gasteiger partial charge in [-0.2, -0.15) is 5.10 Å². The summed E-state index contributed by atoms with van der Waals surface area (Å²) < 4.78 is 1.83. The summed E-state index contributed by atoms with van der Waals surface area (Å²) in [5, 5.41) is 4.60. The van der Waals surface area contributed by atoms with Gasteiger partial charge in [-0.3, -0.25) is 9.48 Å². The van der Waals surface area contributed by atoms with Crippen molar-refractivity contribution in [3.05, 3.63) is 72.4 Å². The second kappa shape index (κ2) is 8.30. The minimum atomic E-state index is 0.232. The van der Waals surface area contributed by atoms with Crippen LogP contribution in [0.4, 0.5) is 5.69 Å². The molecule has 5 heteroatoms. The van der Waals surface area contributed by atoms with Gasteiger partial charge in [0.1, 0.15) is 0 Å². The average molecular weight is 374 g/mol. The van der Waals surface area contributed by atoms with Crippen molar-refractivity contribution in [2.45, 2.75) is 12.8 Å². The van der Waals surface area contributed by atoms with Gasteiger partial charge in [0, 0.05) is 57.1 Å². The number of carbonyl (C=O) groups excluding carboxylic acids is 1. The van der Waals surface area contributed by atoms with Gasteiger partial charge >= 0.3 is 0 Å². The first-order valence-electron chi connectivity index (χ1n) is 9.86. The summed E-state index contributed by atoms with van der Waals surface area (Å²) >= 11 is 0. The third-order valence-electron chi connectivity index (χ3n) is 5.31. The molecule has 2 aromatic carbocycles. The van der Waals surface area contributed by atoms with Gasteiger partial charge in [-0.15, -0.1) is 0 Å². The first-order chi connectivity index (χ1) is 13.7. The smallest absolute Gasteiger partial charge is 0.223 e. The molecule has 0 bridgehead atoms. The molecule has 0 N–H and O–H groups in total. The molecule has 1 aromatic heterocycles. The Morgan fingerprint density at radius 3 is 2.25 bits per heavy atom. The lowest BCUT2D eigenvalue weighted by Crippen LogP contribution is -2.48. The second-order valence-corrected chi connectivity index (χ2v) is 7.25. The molecule has 0 aliphatic carbocycles. The van der Waals surface area contributed by atoms with E-state index in [1.165, 1.54) is 5.69 Å². The van der Waals surface area contributed by atoms with Crippen molar-refractivity contribution < 1.29 is 4.79 Å². The molecule has 1 saturated heterocycles. The van der Waals surface area contributed by atoms with Crippen molar-refractivity contribution in [3.63, 3.8) is 0 Å². The van der Waals surface area contributed by atoms with Crippen LogP contribution in [0.2, 0.25) is 0 Å². The molecule has 0 saturated carbocycles. The average Bonchev–Trinajstić information content (AvgIpc) is 3.14. The first-order valence-corrected chi connectivity index (χ1v) is 9.86. The maximum absolute atomic E-state index is 12.7. The van der Waals surface area contributed by atoms with Crippen LogP contribution in [0.15, 0.2) is 66.9 Å². The Hall–Kier alpha value is -3.08.